The maximum atomic E-state index is 12.7. The number of carbonyl (C=O) groups excluding carboxylic acids is 1. The zero-order valence-corrected chi connectivity index (χ0v) is 12.6. The first kappa shape index (κ1) is 17.3. The summed E-state index contributed by atoms with van der Waals surface area (Å²) in [5, 5.41) is 9.09. The summed E-state index contributed by atoms with van der Waals surface area (Å²) >= 11 is 0. The van der Waals surface area contributed by atoms with Gasteiger partial charge in [0.2, 0.25) is 0 Å². The molecule has 126 valence electrons. The van der Waals surface area contributed by atoms with E-state index in [0.717, 1.165) is 12.1 Å². The summed E-state index contributed by atoms with van der Waals surface area (Å²) in [4.78, 5) is 24.9. The minimum absolute atomic E-state index is 0.0419. The molecule has 0 radical (unpaired) electrons. The highest BCUT2D eigenvalue weighted by molar-refractivity contribution is 5.94. The van der Waals surface area contributed by atoms with Crippen molar-refractivity contribution in [1.29, 1.82) is 0 Å². The Labute approximate surface area is 131 Å². The molecule has 4 nitrogen and oxygen atoms in total. The first-order valence-corrected chi connectivity index (χ1v) is 7.37. The van der Waals surface area contributed by atoms with E-state index in [1.54, 1.807) is 0 Å². The lowest BCUT2D eigenvalue weighted by atomic mass is 9.85. The van der Waals surface area contributed by atoms with Crippen LogP contribution in [0.15, 0.2) is 24.3 Å². The largest absolute Gasteiger partial charge is 0.481 e. The molecule has 0 aromatic heterocycles. The van der Waals surface area contributed by atoms with Crippen LogP contribution in [0.3, 0.4) is 0 Å². The van der Waals surface area contributed by atoms with Gasteiger partial charge in [-0.3, -0.25) is 9.59 Å². The number of benzene rings is 1. The van der Waals surface area contributed by atoms with Crippen LogP contribution in [0.1, 0.15) is 41.6 Å². The van der Waals surface area contributed by atoms with Crippen LogP contribution < -0.4 is 0 Å². The minimum atomic E-state index is -4.51. The number of halogens is 3. The summed E-state index contributed by atoms with van der Waals surface area (Å²) in [5.41, 5.74) is -0.913. The number of alkyl halides is 3. The lowest BCUT2D eigenvalue weighted by Gasteiger charge is -2.34. The summed E-state index contributed by atoms with van der Waals surface area (Å²) in [5.74, 6) is -1.92. The van der Waals surface area contributed by atoms with Crippen molar-refractivity contribution >= 4 is 11.9 Å². The van der Waals surface area contributed by atoms with E-state index in [2.05, 4.69) is 0 Å². The fraction of sp³-hybridized carbons (Fsp3) is 0.500. The van der Waals surface area contributed by atoms with E-state index >= 15 is 0 Å². The second kappa shape index (κ2) is 6.60. The number of amides is 1. The molecule has 0 heterocycles. The number of rotatable bonds is 3. The molecule has 1 aliphatic rings. The third-order valence-electron chi connectivity index (χ3n) is 4.30. The van der Waals surface area contributed by atoms with Gasteiger partial charge in [0.05, 0.1) is 11.5 Å². The van der Waals surface area contributed by atoms with Crippen molar-refractivity contribution in [2.24, 2.45) is 5.92 Å². The van der Waals surface area contributed by atoms with Crippen LogP contribution in [0.5, 0.6) is 0 Å². The van der Waals surface area contributed by atoms with Gasteiger partial charge in [0.1, 0.15) is 0 Å². The number of aliphatic carboxylic acids is 1. The number of carboxylic acid groups (broad SMARTS) is 1. The first-order valence-electron chi connectivity index (χ1n) is 7.37. The average molecular weight is 329 g/mol. The molecule has 0 saturated heterocycles. The Bertz CT molecular complexity index is 600. The molecule has 2 atom stereocenters. The van der Waals surface area contributed by atoms with Crippen LogP contribution in [-0.2, 0) is 11.0 Å². The Morgan fingerprint density at radius 2 is 1.96 bits per heavy atom. The van der Waals surface area contributed by atoms with Gasteiger partial charge in [0.25, 0.3) is 5.91 Å². The van der Waals surface area contributed by atoms with Gasteiger partial charge in [-0.05, 0) is 37.5 Å². The predicted molar refractivity (Wildman–Crippen MR) is 76.9 cm³/mol. The highest BCUT2D eigenvalue weighted by Crippen LogP contribution is 2.31. The van der Waals surface area contributed by atoms with Crippen molar-refractivity contribution in [1.82, 2.24) is 4.90 Å². The summed E-state index contributed by atoms with van der Waals surface area (Å²) in [6.45, 7) is 0. The fourth-order valence-electron chi connectivity index (χ4n) is 2.94. The standard InChI is InChI=1S/C16H18F3NO3/c1-20(13-7-3-5-11(9-13)15(22)23)14(21)10-4-2-6-12(8-10)16(17,18)19/h2,4,6,8,11,13H,3,5,7,9H2,1H3,(H,22,23)/t11-,13+/m0/s1. The molecule has 7 heteroatoms. The quantitative estimate of drug-likeness (QED) is 0.924. The lowest BCUT2D eigenvalue weighted by Crippen LogP contribution is -2.41. The van der Waals surface area contributed by atoms with E-state index in [-0.39, 0.29) is 11.6 Å². The van der Waals surface area contributed by atoms with E-state index in [1.807, 2.05) is 0 Å². The molecule has 1 amide bonds. The molecule has 0 unspecified atom stereocenters. The molecule has 1 aliphatic carbocycles. The maximum Gasteiger partial charge on any atom is 0.416 e. The van der Waals surface area contributed by atoms with Gasteiger partial charge in [-0.2, -0.15) is 13.2 Å². The Morgan fingerprint density at radius 1 is 1.26 bits per heavy atom. The van der Waals surface area contributed by atoms with Gasteiger partial charge in [-0.15, -0.1) is 0 Å². The van der Waals surface area contributed by atoms with E-state index in [0.29, 0.717) is 25.7 Å². The number of carbonyl (C=O) groups is 2. The van der Waals surface area contributed by atoms with Gasteiger partial charge in [-0.25, -0.2) is 0 Å². The number of carboxylic acids is 1. The number of hydrogen-bond donors (Lipinski definition) is 1. The van der Waals surface area contributed by atoms with E-state index in [1.165, 1.54) is 24.1 Å². The van der Waals surface area contributed by atoms with Gasteiger partial charge >= 0.3 is 12.1 Å². The number of nitrogens with zero attached hydrogens (tertiary/aromatic N) is 1. The van der Waals surface area contributed by atoms with E-state index in [9.17, 15) is 22.8 Å². The average Bonchev–Trinajstić information content (AvgIpc) is 2.53. The van der Waals surface area contributed by atoms with Gasteiger partial charge < -0.3 is 10.0 Å². The molecular formula is C16H18F3NO3. The Kier molecular flexibility index (Phi) is 4.97. The van der Waals surface area contributed by atoms with Crippen molar-refractivity contribution in [3.8, 4) is 0 Å². The summed E-state index contributed by atoms with van der Waals surface area (Å²) in [7, 11) is 1.51. The second-order valence-corrected chi connectivity index (χ2v) is 5.85. The Balaban J connectivity index is 2.15. The Morgan fingerprint density at radius 3 is 2.57 bits per heavy atom. The molecule has 1 N–H and O–H groups in total. The molecule has 0 spiro atoms. The molecule has 1 aromatic carbocycles. The minimum Gasteiger partial charge on any atom is -0.481 e. The van der Waals surface area contributed by atoms with Crippen LogP contribution >= 0.6 is 0 Å². The van der Waals surface area contributed by atoms with Gasteiger partial charge in [0.15, 0.2) is 0 Å². The highest BCUT2D eigenvalue weighted by Gasteiger charge is 2.33. The fourth-order valence-corrected chi connectivity index (χ4v) is 2.94. The molecule has 1 fully saturated rings. The highest BCUT2D eigenvalue weighted by atomic mass is 19.4. The SMILES string of the molecule is CN(C(=O)c1cccc(C(F)(F)F)c1)[C@@H]1CCC[C@H](C(=O)O)C1. The van der Waals surface area contributed by atoms with Gasteiger partial charge in [-0.1, -0.05) is 12.5 Å². The van der Waals surface area contributed by atoms with Gasteiger partial charge in [0, 0.05) is 18.7 Å². The summed E-state index contributed by atoms with van der Waals surface area (Å²) in [6.07, 6.45) is -2.27. The molecule has 1 saturated carbocycles. The Hall–Kier alpha value is -2.05. The van der Waals surface area contributed by atoms with Crippen LogP contribution in [0.4, 0.5) is 13.2 Å². The van der Waals surface area contributed by atoms with Crippen molar-refractivity contribution in [2.45, 2.75) is 37.9 Å². The smallest absolute Gasteiger partial charge is 0.416 e. The normalized spacial score (nSPS) is 21.7. The topological polar surface area (TPSA) is 57.6 Å². The van der Waals surface area contributed by atoms with Crippen molar-refractivity contribution in [2.75, 3.05) is 7.05 Å². The zero-order valence-electron chi connectivity index (χ0n) is 12.6. The van der Waals surface area contributed by atoms with Crippen LogP contribution in [0, 0.1) is 5.92 Å². The third kappa shape index (κ3) is 4.03. The lowest BCUT2D eigenvalue weighted by molar-refractivity contribution is -0.143. The molecular weight excluding hydrogens is 311 g/mol. The molecule has 1 aromatic rings. The van der Waals surface area contributed by atoms with Crippen molar-refractivity contribution < 1.29 is 27.9 Å². The molecule has 2 rings (SSSR count). The predicted octanol–water partition coefficient (Wildman–Crippen LogP) is 3.42. The second-order valence-electron chi connectivity index (χ2n) is 5.85. The van der Waals surface area contributed by atoms with Crippen molar-refractivity contribution in [3.05, 3.63) is 35.4 Å². The molecule has 0 aliphatic heterocycles. The maximum absolute atomic E-state index is 12.7. The molecule has 0 bridgehead atoms. The van der Waals surface area contributed by atoms with Crippen LogP contribution in [-0.4, -0.2) is 35.0 Å². The number of hydrogen-bond acceptors (Lipinski definition) is 2. The molecule has 23 heavy (non-hydrogen) atoms. The van der Waals surface area contributed by atoms with Crippen LogP contribution in [0.2, 0.25) is 0 Å². The monoisotopic (exact) mass is 329 g/mol. The van der Waals surface area contributed by atoms with Crippen LogP contribution in [0.25, 0.3) is 0 Å². The van der Waals surface area contributed by atoms with E-state index < -0.39 is 29.5 Å². The summed E-state index contributed by atoms with van der Waals surface area (Å²) in [6, 6.07) is 4.01. The first-order chi connectivity index (χ1) is 10.7. The third-order valence-corrected chi connectivity index (χ3v) is 4.30. The van der Waals surface area contributed by atoms with E-state index in [4.69, 9.17) is 5.11 Å². The van der Waals surface area contributed by atoms with Crippen molar-refractivity contribution in [3.63, 3.8) is 0 Å². The summed E-state index contributed by atoms with van der Waals surface area (Å²) < 4.78 is 38.2. The zero-order chi connectivity index (χ0) is 17.2.